The fourth-order valence-electron chi connectivity index (χ4n) is 4.88. The van der Waals surface area contributed by atoms with Gasteiger partial charge in [0.25, 0.3) is 0 Å². The van der Waals surface area contributed by atoms with Crippen LogP contribution in [0.15, 0.2) is 91.1 Å². The lowest BCUT2D eigenvalue weighted by Gasteiger charge is -2.18. The summed E-state index contributed by atoms with van der Waals surface area (Å²) in [5.74, 6) is 2.39. The zero-order chi connectivity index (χ0) is 23.9. The summed E-state index contributed by atoms with van der Waals surface area (Å²) < 4.78 is 19.0. The molecule has 0 N–H and O–H groups in total. The summed E-state index contributed by atoms with van der Waals surface area (Å²) in [5.41, 5.74) is 7.14. The predicted molar refractivity (Wildman–Crippen MR) is 141 cm³/mol. The molecule has 6 rings (SSSR count). The van der Waals surface area contributed by atoms with Crippen molar-refractivity contribution in [1.82, 2.24) is 9.38 Å². The van der Waals surface area contributed by atoms with Crippen LogP contribution in [0.4, 0.5) is 0 Å². The van der Waals surface area contributed by atoms with Crippen LogP contribution in [0.5, 0.6) is 17.2 Å². The van der Waals surface area contributed by atoms with E-state index in [0.29, 0.717) is 0 Å². The minimum atomic E-state index is 0.793. The van der Waals surface area contributed by atoms with Crippen molar-refractivity contribution >= 4 is 27.5 Å². The van der Waals surface area contributed by atoms with Gasteiger partial charge < -0.3 is 14.2 Å². The monoisotopic (exact) mass is 460 g/mol. The van der Waals surface area contributed by atoms with E-state index >= 15 is 0 Å². The van der Waals surface area contributed by atoms with E-state index in [1.807, 2.05) is 48.5 Å². The number of nitrogens with zero attached hydrogens (tertiary/aromatic N) is 2. The van der Waals surface area contributed by atoms with Crippen LogP contribution in [-0.2, 0) is 0 Å². The van der Waals surface area contributed by atoms with E-state index in [0.717, 1.165) is 67.0 Å². The van der Waals surface area contributed by atoms with Crippen molar-refractivity contribution in [2.45, 2.75) is 0 Å². The molecule has 0 atom stereocenters. The molecule has 35 heavy (non-hydrogen) atoms. The lowest BCUT2D eigenvalue weighted by molar-refractivity contribution is 0.415. The van der Waals surface area contributed by atoms with Gasteiger partial charge in [0, 0.05) is 17.1 Å². The summed E-state index contributed by atoms with van der Waals surface area (Å²) in [5, 5.41) is 2.13. The molecule has 2 aromatic heterocycles. The Hall–Kier alpha value is -4.51. The molecule has 6 aromatic rings. The quantitative estimate of drug-likeness (QED) is 0.278. The number of rotatable bonds is 5. The second kappa shape index (κ2) is 8.37. The highest BCUT2D eigenvalue weighted by Gasteiger charge is 2.22. The minimum Gasteiger partial charge on any atom is -0.497 e. The SMILES string of the molecule is COc1cccc(-c2c(-c3cccc(OC)c3)c3c(nc4ccccn43)c3ccc(OC)cc23)c1. The minimum absolute atomic E-state index is 0.793. The van der Waals surface area contributed by atoms with E-state index in [1.54, 1.807) is 21.3 Å². The van der Waals surface area contributed by atoms with E-state index < -0.39 is 0 Å². The Morgan fingerprint density at radius 1 is 0.600 bits per heavy atom. The van der Waals surface area contributed by atoms with Gasteiger partial charge in [0.2, 0.25) is 0 Å². The molecule has 0 fully saturated rings. The van der Waals surface area contributed by atoms with Crippen LogP contribution in [0, 0.1) is 0 Å². The highest BCUT2D eigenvalue weighted by Crippen LogP contribution is 2.46. The second-order valence-electron chi connectivity index (χ2n) is 8.36. The third kappa shape index (κ3) is 3.36. The average molecular weight is 461 g/mol. The number of ether oxygens (including phenoxy) is 3. The molecule has 0 aliphatic carbocycles. The topological polar surface area (TPSA) is 45.0 Å². The van der Waals surface area contributed by atoms with Crippen molar-refractivity contribution in [2.24, 2.45) is 0 Å². The molecule has 0 aliphatic rings. The normalized spacial score (nSPS) is 11.3. The van der Waals surface area contributed by atoms with Gasteiger partial charge in [0.1, 0.15) is 22.9 Å². The number of hydrogen-bond acceptors (Lipinski definition) is 4. The van der Waals surface area contributed by atoms with Gasteiger partial charge >= 0.3 is 0 Å². The van der Waals surface area contributed by atoms with E-state index in [4.69, 9.17) is 19.2 Å². The Morgan fingerprint density at radius 2 is 1.26 bits per heavy atom. The third-order valence-electron chi connectivity index (χ3n) is 6.48. The van der Waals surface area contributed by atoms with Gasteiger partial charge in [-0.1, -0.05) is 30.3 Å². The summed E-state index contributed by atoms with van der Waals surface area (Å²) in [6.45, 7) is 0. The summed E-state index contributed by atoms with van der Waals surface area (Å²) in [7, 11) is 5.08. The van der Waals surface area contributed by atoms with Crippen LogP contribution in [0.2, 0.25) is 0 Å². The average Bonchev–Trinajstić information content (AvgIpc) is 3.31. The maximum absolute atomic E-state index is 5.64. The van der Waals surface area contributed by atoms with E-state index in [-0.39, 0.29) is 0 Å². The number of hydrogen-bond donors (Lipinski definition) is 0. The molecule has 4 aromatic carbocycles. The summed E-state index contributed by atoms with van der Waals surface area (Å²) in [6, 6.07) is 28.6. The van der Waals surface area contributed by atoms with Gasteiger partial charge in [0.15, 0.2) is 0 Å². The molecule has 0 saturated heterocycles. The first-order chi connectivity index (χ1) is 17.2. The van der Waals surface area contributed by atoms with Gasteiger partial charge in [-0.15, -0.1) is 0 Å². The van der Waals surface area contributed by atoms with Crippen molar-refractivity contribution in [3.63, 3.8) is 0 Å². The largest absolute Gasteiger partial charge is 0.497 e. The summed E-state index contributed by atoms with van der Waals surface area (Å²) in [4.78, 5) is 5.06. The molecule has 0 saturated carbocycles. The Balaban J connectivity index is 1.89. The Bertz CT molecular complexity index is 1720. The fourth-order valence-corrected chi connectivity index (χ4v) is 4.88. The number of methoxy groups -OCH3 is 3. The van der Waals surface area contributed by atoms with Gasteiger partial charge in [-0.05, 0) is 76.7 Å². The molecule has 0 amide bonds. The van der Waals surface area contributed by atoms with Crippen LogP contribution < -0.4 is 14.2 Å². The zero-order valence-electron chi connectivity index (χ0n) is 19.8. The van der Waals surface area contributed by atoms with Crippen molar-refractivity contribution in [3.8, 4) is 39.5 Å². The first-order valence-electron chi connectivity index (χ1n) is 11.4. The number of pyridine rings is 1. The molecule has 0 unspecified atom stereocenters. The lowest BCUT2D eigenvalue weighted by atomic mass is 9.88. The van der Waals surface area contributed by atoms with Crippen molar-refractivity contribution < 1.29 is 14.2 Å². The van der Waals surface area contributed by atoms with E-state index in [1.165, 1.54) is 0 Å². The fraction of sp³-hybridized carbons (Fsp3) is 0.100. The van der Waals surface area contributed by atoms with Crippen LogP contribution in [-0.4, -0.2) is 30.7 Å². The molecular weight excluding hydrogens is 436 g/mol. The molecule has 0 radical (unpaired) electrons. The van der Waals surface area contributed by atoms with E-state index in [2.05, 4.69) is 47.0 Å². The van der Waals surface area contributed by atoms with Crippen molar-refractivity contribution in [2.75, 3.05) is 21.3 Å². The molecule has 2 heterocycles. The van der Waals surface area contributed by atoms with Crippen LogP contribution in [0.1, 0.15) is 0 Å². The standard InChI is InChI=1S/C30H24N2O3/c1-33-21-10-6-8-19(16-21)27-25-18-23(35-3)13-14-24(25)29-30(32-15-5-4-12-26(32)31-29)28(27)20-9-7-11-22(17-20)34-2/h4-18H,1-3H3. The molecule has 0 spiro atoms. The maximum Gasteiger partial charge on any atom is 0.137 e. The Labute approximate surface area is 203 Å². The summed E-state index contributed by atoms with van der Waals surface area (Å²) >= 11 is 0. The number of aromatic nitrogens is 2. The van der Waals surface area contributed by atoms with Crippen LogP contribution >= 0.6 is 0 Å². The van der Waals surface area contributed by atoms with Gasteiger partial charge in [0.05, 0.1) is 32.4 Å². The summed E-state index contributed by atoms with van der Waals surface area (Å²) in [6.07, 6.45) is 2.07. The Morgan fingerprint density at radius 3 is 1.94 bits per heavy atom. The van der Waals surface area contributed by atoms with Crippen LogP contribution in [0.25, 0.3) is 49.7 Å². The molecule has 5 nitrogen and oxygen atoms in total. The highest BCUT2D eigenvalue weighted by molar-refractivity contribution is 6.20. The van der Waals surface area contributed by atoms with Crippen molar-refractivity contribution in [3.05, 3.63) is 91.1 Å². The highest BCUT2D eigenvalue weighted by atomic mass is 16.5. The van der Waals surface area contributed by atoms with Gasteiger partial charge in [-0.25, -0.2) is 4.98 Å². The van der Waals surface area contributed by atoms with Crippen LogP contribution in [0.3, 0.4) is 0 Å². The van der Waals surface area contributed by atoms with Crippen molar-refractivity contribution in [1.29, 1.82) is 0 Å². The number of imidazole rings is 1. The second-order valence-corrected chi connectivity index (χ2v) is 8.36. The smallest absolute Gasteiger partial charge is 0.137 e. The molecule has 0 bridgehead atoms. The molecule has 0 aliphatic heterocycles. The molecule has 172 valence electrons. The molecule has 5 heteroatoms. The van der Waals surface area contributed by atoms with Gasteiger partial charge in [-0.2, -0.15) is 0 Å². The zero-order valence-corrected chi connectivity index (χ0v) is 19.8. The number of fused-ring (bicyclic) bond motifs is 5. The van der Waals surface area contributed by atoms with Gasteiger partial charge in [-0.3, -0.25) is 4.40 Å². The lowest BCUT2D eigenvalue weighted by Crippen LogP contribution is -1.95. The molecular formula is C30H24N2O3. The maximum atomic E-state index is 5.64. The Kier molecular flexibility index (Phi) is 5.03. The first kappa shape index (κ1) is 21.1. The number of benzene rings is 4. The first-order valence-corrected chi connectivity index (χ1v) is 11.4. The third-order valence-corrected chi connectivity index (χ3v) is 6.48. The predicted octanol–water partition coefficient (Wildman–Crippen LogP) is 7.00. The van der Waals surface area contributed by atoms with E-state index in [9.17, 15) is 0 Å².